The predicted octanol–water partition coefficient (Wildman–Crippen LogP) is 3.60. The highest BCUT2D eigenvalue weighted by atomic mass is 32.2. The topological polar surface area (TPSA) is 66.5 Å². The van der Waals surface area contributed by atoms with Crippen molar-refractivity contribution in [3.63, 3.8) is 0 Å². The van der Waals surface area contributed by atoms with Crippen LogP contribution >= 0.6 is 0 Å². The summed E-state index contributed by atoms with van der Waals surface area (Å²) >= 11 is 0. The van der Waals surface area contributed by atoms with Crippen molar-refractivity contribution < 1.29 is 30.8 Å². The first-order valence-corrected chi connectivity index (χ1v) is 11.2. The molecule has 0 bridgehead atoms. The number of nitrogens with one attached hydrogen (secondary N) is 1. The molecule has 1 aliphatic rings. The Hall–Kier alpha value is -2.46. The van der Waals surface area contributed by atoms with Crippen molar-refractivity contribution in [2.45, 2.75) is 30.3 Å². The van der Waals surface area contributed by atoms with Crippen LogP contribution < -0.4 is 5.32 Å². The fourth-order valence-corrected chi connectivity index (χ4v) is 4.92. The maximum Gasteiger partial charge on any atom is 0.416 e. The van der Waals surface area contributed by atoms with Crippen molar-refractivity contribution in [3.8, 4) is 0 Å². The summed E-state index contributed by atoms with van der Waals surface area (Å²) < 4.78 is 77.3. The molecule has 0 spiro atoms. The van der Waals surface area contributed by atoms with Crippen molar-refractivity contribution in [1.82, 2.24) is 9.62 Å². The molecule has 31 heavy (non-hydrogen) atoms. The third kappa shape index (κ3) is 5.82. The summed E-state index contributed by atoms with van der Waals surface area (Å²) in [6.07, 6.45) is -3.29. The number of piperidine rings is 1. The van der Waals surface area contributed by atoms with Crippen LogP contribution in [0.25, 0.3) is 0 Å². The van der Waals surface area contributed by atoms with Gasteiger partial charge in [0.05, 0.1) is 10.5 Å². The monoisotopic (exact) mass is 458 g/mol. The number of carbonyl (C=O) groups is 1. The zero-order valence-corrected chi connectivity index (χ0v) is 17.3. The van der Waals surface area contributed by atoms with Gasteiger partial charge in [-0.1, -0.05) is 12.1 Å². The van der Waals surface area contributed by atoms with E-state index in [1.54, 1.807) is 0 Å². The zero-order chi connectivity index (χ0) is 22.6. The number of rotatable bonds is 6. The molecule has 1 aliphatic heterocycles. The fourth-order valence-electron chi connectivity index (χ4n) is 3.45. The van der Waals surface area contributed by atoms with Gasteiger partial charge < -0.3 is 5.32 Å². The Labute approximate surface area is 178 Å². The van der Waals surface area contributed by atoms with Gasteiger partial charge in [0.15, 0.2) is 0 Å². The quantitative estimate of drug-likeness (QED) is 0.673. The number of hydrogen-bond acceptors (Lipinski definition) is 3. The number of halogens is 4. The first-order chi connectivity index (χ1) is 14.6. The van der Waals surface area contributed by atoms with Gasteiger partial charge in [-0.05, 0) is 61.2 Å². The van der Waals surface area contributed by atoms with Gasteiger partial charge in [0, 0.05) is 25.6 Å². The van der Waals surface area contributed by atoms with Gasteiger partial charge in [-0.2, -0.15) is 17.5 Å². The Balaban J connectivity index is 1.46. The predicted molar refractivity (Wildman–Crippen MR) is 106 cm³/mol. The molecule has 0 saturated carbocycles. The molecular formula is C21H22F4N2O3S. The number of carbonyl (C=O) groups excluding carboxylic acids is 1. The standard InChI is InChI=1S/C21H22F4N2O3S/c22-18-5-7-19(8-6-18)31(29,30)27-13-10-16(11-14-27)20(28)26-12-9-15-1-3-17(4-2-15)21(23,24)25/h1-8,16H,9-14H2,(H,26,28). The second kappa shape index (κ2) is 9.35. The van der Waals surface area contributed by atoms with E-state index >= 15 is 0 Å². The van der Waals surface area contributed by atoms with Crippen molar-refractivity contribution in [1.29, 1.82) is 0 Å². The van der Waals surface area contributed by atoms with Crippen LogP contribution in [0.2, 0.25) is 0 Å². The SMILES string of the molecule is O=C(NCCc1ccc(C(F)(F)F)cc1)C1CCN(S(=O)(=O)c2ccc(F)cc2)CC1. The maximum absolute atomic E-state index is 13.0. The van der Waals surface area contributed by atoms with Crippen molar-refractivity contribution in [2.24, 2.45) is 5.92 Å². The van der Waals surface area contributed by atoms with Gasteiger partial charge in [-0.3, -0.25) is 4.79 Å². The molecule has 0 radical (unpaired) electrons. The van der Waals surface area contributed by atoms with E-state index in [1.807, 2.05) is 0 Å². The van der Waals surface area contributed by atoms with Crippen LogP contribution in [0.3, 0.4) is 0 Å². The normalized spacial score (nSPS) is 16.3. The van der Waals surface area contributed by atoms with E-state index < -0.39 is 27.6 Å². The highest BCUT2D eigenvalue weighted by molar-refractivity contribution is 7.89. The van der Waals surface area contributed by atoms with E-state index in [-0.39, 0.29) is 36.4 Å². The number of sulfonamides is 1. The van der Waals surface area contributed by atoms with E-state index in [4.69, 9.17) is 0 Å². The number of benzene rings is 2. The average molecular weight is 458 g/mol. The second-order valence-corrected chi connectivity index (χ2v) is 9.31. The maximum atomic E-state index is 13.0. The Bertz CT molecular complexity index is 998. The van der Waals surface area contributed by atoms with Gasteiger partial charge >= 0.3 is 6.18 Å². The van der Waals surface area contributed by atoms with Crippen LogP contribution in [-0.4, -0.2) is 38.3 Å². The average Bonchev–Trinajstić information content (AvgIpc) is 2.74. The van der Waals surface area contributed by atoms with Crippen LogP contribution in [0.1, 0.15) is 24.0 Å². The minimum atomic E-state index is -4.38. The molecule has 1 amide bonds. The molecule has 1 heterocycles. The van der Waals surface area contributed by atoms with E-state index in [9.17, 15) is 30.8 Å². The third-order valence-electron chi connectivity index (χ3n) is 5.27. The smallest absolute Gasteiger partial charge is 0.356 e. The molecule has 168 valence electrons. The lowest BCUT2D eigenvalue weighted by atomic mass is 9.97. The fraction of sp³-hybridized carbons (Fsp3) is 0.381. The molecule has 10 heteroatoms. The Morgan fingerprint density at radius 3 is 2.13 bits per heavy atom. The van der Waals surface area contributed by atoms with E-state index in [0.717, 1.165) is 24.3 Å². The second-order valence-electron chi connectivity index (χ2n) is 7.37. The summed E-state index contributed by atoms with van der Waals surface area (Å²) in [6, 6.07) is 9.38. The summed E-state index contributed by atoms with van der Waals surface area (Å²) in [7, 11) is -3.74. The van der Waals surface area contributed by atoms with Gasteiger partial charge in [0.25, 0.3) is 0 Å². The molecular weight excluding hydrogens is 436 g/mol. The summed E-state index contributed by atoms with van der Waals surface area (Å²) in [5.41, 5.74) is -0.0452. The molecule has 0 unspecified atom stereocenters. The summed E-state index contributed by atoms with van der Waals surface area (Å²) in [6.45, 7) is 0.631. The molecule has 1 saturated heterocycles. The molecule has 3 rings (SSSR count). The minimum Gasteiger partial charge on any atom is -0.356 e. The molecule has 1 fully saturated rings. The van der Waals surface area contributed by atoms with Crippen LogP contribution in [0.5, 0.6) is 0 Å². The van der Waals surface area contributed by atoms with E-state index in [1.165, 1.54) is 28.6 Å². The molecule has 5 nitrogen and oxygen atoms in total. The number of amides is 1. The first-order valence-electron chi connectivity index (χ1n) is 9.77. The number of hydrogen-bond donors (Lipinski definition) is 1. The first kappa shape index (κ1) is 23.2. The Morgan fingerprint density at radius 2 is 1.58 bits per heavy atom. The number of nitrogens with zero attached hydrogens (tertiary/aromatic N) is 1. The van der Waals surface area contributed by atoms with Gasteiger partial charge in [0.2, 0.25) is 15.9 Å². The van der Waals surface area contributed by atoms with Crippen LogP contribution in [0.4, 0.5) is 17.6 Å². The van der Waals surface area contributed by atoms with Crippen LogP contribution in [0.15, 0.2) is 53.4 Å². The molecule has 0 aliphatic carbocycles. The highest BCUT2D eigenvalue weighted by Gasteiger charge is 2.32. The Kier molecular flexibility index (Phi) is 7.00. The van der Waals surface area contributed by atoms with E-state index in [2.05, 4.69) is 5.32 Å². The minimum absolute atomic E-state index is 0.00773. The molecule has 1 N–H and O–H groups in total. The molecule has 0 aromatic heterocycles. The lowest BCUT2D eigenvalue weighted by Crippen LogP contribution is -2.43. The van der Waals surface area contributed by atoms with Gasteiger partial charge in [0.1, 0.15) is 5.82 Å². The van der Waals surface area contributed by atoms with E-state index in [0.29, 0.717) is 24.8 Å². The molecule has 2 aromatic rings. The largest absolute Gasteiger partial charge is 0.416 e. The van der Waals surface area contributed by atoms with Gasteiger partial charge in [-0.25, -0.2) is 12.8 Å². The zero-order valence-electron chi connectivity index (χ0n) is 16.5. The van der Waals surface area contributed by atoms with Crippen molar-refractivity contribution in [3.05, 3.63) is 65.5 Å². The van der Waals surface area contributed by atoms with Gasteiger partial charge in [-0.15, -0.1) is 0 Å². The Morgan fingerprint density at radius 1 is 1.00 bits per heavy atom. The molecule has 2 aromatic carbocycles. The number of alkyl halides is 3. The summed E-state index contributed by atoms with van der Waals surface area (Å²) in [5, 5.41) is 2.77. The summed E-state index contributed by atoms with van der Waals surface area (Å²) in [5.74, 6) is -1.07. The third-order valence-corrected chi connectivity index (χ3v) is 7.18. The van der Waals surface area contributed by atoms with Crippen LogP contribution in [-0.2, 0) is 27.4 Å². The molecule has 0 atom stereocenters. The highest BCUT2D eigenvalue weighted by Crippen LogP contribution is 2.29. The summed E-state index contributed by atoms with van der Waals surface area (Å²) in [4.78, 5) is 12.4. The van der Waals surface area contributed by atoms with Crippen molar-refractivity contribution in [2.75, 3.05) is 19.6 Å². The van der Waals surface area contributed by atoms with Crippen LogP contribution in [0, 0.1) is 11.7 Å². The van der Waals surface area contributed by atoms with Crippen molar-refractivity contribution >= 4 is 15.9 Å². The lowest BCUT2D eigenvalue weighted by molar-refractivity contribution is -0.137. The lowest BCUT2D eigenvalue weighted by Gasteiger charge is -2.30.